The quantitative estimate of drug-likeness (QED) is 0.870. The van der Waals surface area contributed by atoms with Gasteiger partial charge in [0.2, 0.25) is 0 Å². The zero-order valence-electron chi connectivity index (χ0n) is 11.5. The Morgan fingerprint density at radius 3 is 2.67 bits per heavy atom. The van der Waals surface area contributed by atoms with E-state index in [-0.39, 0.29) is 12.1 Å². The molecule has 0 amide bonds. The van der Waals surface area contributed by atoms with Gasteiger partial charge in [-0.25, -0.2) is 18.7 Å². The van der Waals surface area contributed by atoms with Gasteiger partial charge in [0.15, 0.2) is 5.82 Å². The van der Waals surface area contributed by atoms with E-state index in [4.69, 9.17) is 9.94 Å². The van der Waals surface area contributed by atoms with Crippen LogP contribution in [0, 0.1) is 5.82 Å². The molecule has 21 heavy (non-hydrogen) atoms. The lowest BCUT2D eigenvalue weighted by Gasteiger charge is -2.03. The van der Waals surface area contributed by atoms with Gasteiger partial charge < -0.3 is 9.94 Å². The number of rotatable bonds is 5. The van der Waals surface area contributed by atoms with Crippen LogP contribution in [0.1, 0.15) is 28.7 Å². The van der Waals surface area contributed by atoms with E-state index in [0.717, 1.165) is 21.5 Å². The van der Waals surface area contributed by atoms with Gasteiger partial charge in [-0.1, -0.05) is 6.92 Å². The monoisotopic (exact) mass is 295 g/mol. The molecule has 0 fully saturated rings. The SMILES string of the molecule is CCc1nn(Cc2cc(F)cc(C(=O)O)c2)c(=O)n1OC. The van der Waals surface area contributed by atoms with E-state index in [0.29, 0.717) is 17.8 Å². The lowest BCUT2D eigenvalue weighted by atomic mass is 10.1. The molecule has 0 unspecified atom stereocenters. The van der Waals surface area contributed by atoms with Crippen LogP contribution >= 0.6 is 0 Å². The molecule has 0 bridgehead atoms. The first-order valence-corrected chi connectivity index (χ1v) is 6.22. The molecule has 0 aliphatic carbocycles. The van der Waals surface area contributed by atoms with Crippen LogP contribution in [0.4, 0.5) is 4.39 Å². The van der Waals surface area contributed by atoms with E-state index in [2.05, 4.69) is 5.10 Å². The molecule has 0 spiro atoms. The normalized spacial score (nSPS) is 10.6. The van der Waals surface area contributed by atoms with Crippen molar-refractivity contribution in [2.24, 2.45) is 0 Å². The molecule has 0 aliphatic rings. The number of aromatic nitrogens is 3. The zero-order chi connectivity index (χ0) is 15.6. The molecule has 112 valence electrons. The summed E-state index contributed by atoms with van der Waals surface area (Å²) in [5, 5.41) is 13.0. The van der Waals surface area contributed by atoms with Crippen LogP contribution in [0.3, 0.4) is 0 Å². The van der Waals surface area contributed by atoms with Gasteiger partial charge in [-0.2, -0.15) is 5.10 Å². The summed E-state index contributed by atoms with van der Waals surface area (Å²) in [7, 11) is 1.34. The number of hydrogen-bond donors (Lipinski definition) is 1. The van der Waals surface area contributed by atoms with Crippen LogP contribution in [0.2, 0.25) is 0 Å². The highest BCUT2D eigenvalue weighted by Crippen LogP contribution is 2.10. The molecular formula is C13H14FN3O4. The number of carboxylic acid groups (broad SMARTS) is 1. The van der Waals surface area contributed by atoms with Crippen LogP contribution in [0.5, 0.6) is 0 Å². The molecule has 1 aromatic heterocycles. The number of aryl methyl sites for hydroxylation is 1. The fraction of sp³-hybridized carbons (Fsp3) is 0.308. The largest absolute Gasteiger partial charge is 0.478 e. The van der Waals surface area contributed by atoms with Crippen LogP contribution in [-0.4, -0.2) is 32.7 Å². The van der Waals surface area contributed by atoms with Crippen molar-refractivity contribution in [3.63, 3.8) is 0 Å². The Morgan fingerprint density at radius 2 is 2.14 bits per heavy atom. The van der Waals surface area contributed by atoms with Crippen molar-refractivity contribution in [2.45, 2.75) is 19.9 Å². The van der Waals surface area contributed by atoms with E-state index in [1.54, 1.807) is 0 Å². The minimum absolute atomic E-state index is 0.0414. The summed E-state index contributed by atoms with van der Waals surface area (Å²) in [5.41, 5.74) is -0.353. The predicted molar refractivity (Wildman–Crippen MR) is 70.8 cm³/mol. The van der Waals surface area contributed by atoms with E-state index in [9.17, 15) is 14.0 Å². The molecule has 0 aliphatic heterocycles. The van der Waals surface area contributed by atoms with Gasteiger partial charge in [0.25, 0.3) is 0 Å². The van der Waals surface area contributed by atoms with E-state index in [1.807, 2.05) is 6.92 Å². The van der Waals surface area contributed by atoms with Crippen molar-refractivity contribution in [3.8, 4) is 0 Å². The molecule has 1 heterocycles. The van der Waals surface area contributed by atoms with Crippen LogP contribution in [0.15, 0.2) is 23.0 Å². The van der Waals surface area contributed by atoms with Crippen LogP contribution in [0.25, 0.3) is 0 Å². The predicted octanol–water partition coefficient (Wildman–Crippen LogP) is 0.551. The molecule has 1 N–H and O–H groups in total. The van der Waals surface area contributed by atoms with E-state index < -0.39 is 17.5 Å². The Labute approximate surface area is 119 Å². The number of halogens is 1. The van der Waals surface area contributed by atoms with Crippen molar-refractivity contribution < 1.29 is 19.1 Å². The van der Waals surface area contributed by atoms with Crippen LogP contribution < -0.4 is 10.5 Å². The molecule has 0 atom stereocenters. The Kier molecular flexibility index (Phi) is 4.06. The number of carboxylic acids is 1. The maximum atomic E-state index is 13.4. The first-order chi connectivity index (χ1) is 9.96. The van der Waals surface area contributed by atoms with Crippen molar-refractivity contribution in [2.75, 3.05) is 7.11 Å². The van der Waals surface area contributed by atoms with Crippen molar-refractivity contribution in [1.29, 1.82) is 0 Å². The van der Waals surface area contributed by atoms with E-state index in [1.165, 1.54) is 13.2 Å². The zero-order valence-corrected chi connectivity index (χ0v) is 11.5. The summed E-state index contributed by atoms with van der Waals surface area (Å²) in [6, 6.07) is 3.38. The molecular weight excluding hydrogens is 281 g/mol. The molecule has 1 aromatic carbocycles. The highest BCUT2D eigenvalue weighted by Gasteiger charge is 2.14. The Morgan fingerprint density at radius 1 is 1.43 bits per heavy atom. The van der Waals surface area contributed by atoms with Gasteiger partial charge in [0.1, 0.15) is 12.9 Å². The minimum atomic E-state index is -1.24. The van der Waals surface area contributed by atoms with Gasteiger partial charge in [-0.15, -0.1) is 4.73 Å². The lowest BCUT2D eigenvalue weighted by molar-refractivity contribution is 0.0696. The standard InChI is InChI=1S/C13H14FN3O4/c1-3-11-15-16(13(20)17(11)21-2)7-8-4-9(12(18)19)6-10(14)5-8/h4-6H,3,7H2,1-2H3,(H,18,19). The summed E-state index contributed by atoms with van der Waals surface area (Å²) < 4.78 is 15.5. The van der Waals surface area contributed by atoms with Gasteiger partial charge in [0.05, 0.1) is 12.1 Å². The second kappa shape index (κ2) is 5.78. The number of benzene rings is 1. The molecule has 0 radical (unpaired) electrons. The number of nitrogens with zero attached hydrogens (tertiary/aromatic N) is 3. The summed E-state index contributed by atoms with van der Waals surface area (Å²) in [5.74, 6) is -1.49. The van der Waals surface area contributed by atoms with Crippen molar-refractivity contribution in [1.82, 2.24) is 14.5 Å². The highest BCUT2D eigenvalue weighted by molar-refractivity contribution is 5.87. The summed E-state index contributed by atoms with van der Waals surface area (Å²) in [4.78, 5) is 27.8. The Hall–Kier alpha value is -2.64. The Balaban J connectivity index is 2.41. The second-order valence-electron chi connectivity index (χ2n) is 4.34. The third-order valence-corrected chi connectivity index (χ3v) is 2.90. The third-order valence-electron chi connectivity index (χ3n) is 2.90. The fourth-order valence-corrected chi connectivity index (χ4v) is 1.98. The second-order valence-corrected chi connectivity index (χ2v) is 4.34. The molecule has 7 nitrogen and oxygen atoms in total. The molecule has 8 heteroatoms. The lowest BCUT2D eigenvalue weighted by Crippen LogP contribution is -2.29. The highest BCUT2D eigenvalue weighted by atomic mass is 19.1. The number of aromatic carboxylic acids is 1. The fourth-order valence-electron chi connectivity index (χ4n) is 1.98. The van der Waals surface area contributed by atoms with Gasteiger partial charge in [-0.3, -0.25) is 0 Å². The average molecular weight is 295 g/mol. The van der Waals surface area contributed by atoms with Gasteiger partial charge in [-0.05, 0) is 23.8 Å². The first kappa shape index (κ1) is 14.8. The van der Waals surface area contributed by atoms with Gasteiger partial charge >= 0.3 is 11.7 Å². The Bertz CT molecular complexity index is 736. The summed E-state index contributed by atoms with van der Waals surface area (Å²) >= 11 is 0. The third kappa shape index (κ3) is 2.93. The summed E-state index contributed by atoms with van der Waals surface area (Å²) in [6.45, 7) is 1.77. The van der Waals surface area contributed by atoms with E-state index >= 15 is 0 Å². The number of carbonyl (C=O) groups is 1. The topological polar surface area (TPSA) is 86.4 Å². The maximum absolute atomic E-state index is 13.4. The first-order valence-electron chi connectivity index (χ1n) is 6.22. The summed E-state index contributed by atoms with van der Waals surface area (Å²) in [6.07, 6.45) is 0.486. The van der Waals surface area contributed by atoms with Crippen LogP contribution in [-0.2, 0) is 13.0 Å². The molecule has 2 aromatic rings. The molecule has 2 rings (SSSR count). The molecule has 0 saturated heterocycles. The maximum Gasteiger partial charge on any atom is 0.379 e. The van der Waals surface area contributed by atoms with Crippen molar-refractivity contribution >= 4 is 5.97 Å². The van der Waals surface area contributed by atoms with Crippen molar-refractivity contribution in [3.05, 3.63) is 51.5 Å². The number of hydrogen-bond acceptors (Lipinski definition) is 4. The molecule has 0 saturated carbocycles. The smallest absolute Gasteiger partial charge is 0.379 e. The van der Waals surface area contributed by atoms with Gasteiger partial charge in [0, 0.05) is 6.42 Å². The average Bonchev–Trinajstić information content (AvgIpc) is 2.74. The minimum Gasteiger partial charge on any atom is -0.478 e.